The fourth-order valence-electron chi connectivity index (χ4n) is 2.20. The van der Waals surface area contributed by atoms with Gasteiger partial charge in [-0.15, -0.1) is 0 Å². The van der Waals surface area contributed by atoms with Crippen LogP contribution in [0, 0.1) is 5.92 Å². The molecule has 3 nitrogen and oxygen atoms in total. The largest absolute Gasteiger partial charge is 0.352 e. The smallest absolute Gasteiger partial charge is 0.223 e. The van der Waals surface area contributed by atoms with Crippen LogP contribution in [0.5, 0.6) is 0 Å². The normalized spacial score (nSPS) is 17.9. The number of nitrogens with one attached hydrogen (secondary N) is 1. The Morgan fingerprint density at radius 3 is 2.59 bits per heavy atom. The first kappa shape index (κ1) is 12.1. The van der Waals surface area contributed by atoms with E-state index in [9.17, 15) is 4.79 Å². The van der Waals surface area contributed by atoms with Crippen molar-refractivity contribution in [1.29, 1.82) is 0 Å². The zero-order chi connectivity index (χ0) is 12.1. The Morgan fingerprint density at radius 2 is 1.94 bits per heavy atom. The van der Waals surface area contributed by atoms with Gasteiger partial charge in [0, 0.05) is 12.5 Å². The molecule has 17 heavy (non-hydrogen) atoms. The highest BCUT2D eigenvalue weighted by atomic mass is 16.1. The van der Waals surface area contributed by atoms with Gasteiger partial charge in [-0.05, 0) is 38.5 Å². The second-order valence-electron chi connectivity index (χ2n) is 4.78. The van der Waals surface area contributed by atoms with Crippen molar-refractivity contribution in [3.8, 4) is 0 Å². The zero-order valence-electron chi connectivity index (χ0n) is 10.4. The topological polar surface area (TPSA) is 32.3 Å². The molecule has 92 valence electrons. The van der Waals surface area contributed by atoms with Crippen molar-refractivity contribution < 1.29 is 4.79 Å². The summed E-state index contributed by atoms with van der Waals surface area (Å²) >= 11 is 0. The van der Waals surface area contributed by atoms with E-state index in [4.69, 9.17) is 0 Å². The van der Waals surface area contributed by atoms with Crippen LogP contribution in [0.1, 0.15) is 18.4 Å². The van der Waals surface area contributed by atoms with Crippen molar-refractivity contribution in [1.82, 2.24) is 10.2 Å². The second kappa shape index (κ2) is 5.82. The number of hydrogen-bond donors (Lipinski definition) is 1. The lowest BCUT2D eigenvalue weighted by atomic mass is 9.96. The van der Waals surface area contributed by atoms with Gasteiger partial charge in [0.05, 0.1) is 0 Å². The molecule has 3 heteroatoms. The first-order valence-electron chi connectivity index (χ1n) is 6.26. The molecule has 1 aliphatic rings. The first-order valence-corrected chi connectivity index (χ1v) is 6.26. The van der Waals surface area contributed by atoms with Crippen LogP contribution in [0.2, 0.25) is 0 Å². The highest BCUT2D eigenvalue weighted by Gasteiger charge is 2.22. The number of hydrogen-bond acceptors (Lipinski definition) is 2. The third-order valence-corrected chi connectivity index (χ3v) is 3.40. The lowest BCUT2D eigenvalue weighted by Gasteiger charge is -2.28. The molecule has 0 aliphatic carbocycles. The number of rotatable bonds is 3. The molecule has 0 spiro atoms. The van der Waals surface area contributed by atoms with E-state index in [0.717, 1.165) is 31.5 Å². The Bertz CT molecular complexity index is 356. The van der Waals surface area contributed by atoms with Gasteiger partial charge in [-0.25, -0.2) is 0 Å². The summed E-state index contributed by atoms with van der Waals surface area (Å²) in [5, 5.41) is 3.03. The molecule has 1 heterocycles. The minimum Gasteiger partial charge on any atom is -0.352 e. The molecule has 1 N–H and O–H groups in total. The molecule has 0 radical (unpaired) electrons. The number of amides is 1. The van der Waals surface area contributed by atoms with Crippen molar-refractivity contribution in [2.45, 2.75) is 19.4 Å². The predicted octanol–water partition coefficient (Wildman–Crippen LogP) is 1.64. The average Bonchev–Trinajstić information content (AvgIpc) is 2.38. The van der Waals surface area contributed by atoms with E-state index >= 15 is 0 Å². The number of carbonyl (C=O) groups excluding carboxylic acids is 1. The highest BCUT2D eigenvalue weighted by Crippen LogP contribution is 2.16. The number of piperidine rings is 1. The van der Waals surface area contributed by atoms with Crippen LogP contribution in [0.4, 0.5) is 0 Å². The quantitative estimate of drug-likeness (QED) is 0.859. The van der Waals surface area contributed by atoms with Crippen molar-refractivity contribution in [3.05, 3.63) is 35.9 Å². The summed E-state index contributed by atoms with van der Waals surface area (Å²) in [4.78, 5) is 14.2. The van der Waals surface area contributed by atoms with Crippen molar-refractivity contribution in [2.75, 3.05) is 20.1 Å². The summed E-state index contributed by atoms with van der Waals surface area (Å²) in [5.74, 6) is 0.414. The maximum Gasteiger partial charge on any atom is 0.223 e. The van der Waals surface area contributed by atoms with Crippen LogP contribution in [-0.4, -0.2) is 30.9 Å². The van der Waals surface area contributed by atoms with E-state index < -0.39 is 0 Å². The Labute approximate surface area is 103 Å². The first-order chi connectivity index (χ1) is 8.25. The van der Waals surface area contributed by atoms with Gasteiger partial charge in [0.1, 0.15) is 0 Å². The van der Waals surface area contributed by atoms with Crippen molar-refractivity contribution >= 4 is 5.91 Å². The Morgan fingerprint density at radius 1 is 1.29 bits per heavy atom. The minimum atomic E-state index is 0.204. The van der Waals surface area contributed by atoms with Gasteiger partial charge in [-0.2, -0.15) is 0 Å². The minimum absolute atomic E-state index is 0.204. The van der Waals surface area contributed by atoms with Crippen molar-refractivity contribution in [2.24, 2.45) is 5.92 Å². The van der Waals surface area contributed by atoms with Crippen LogP contribution >= 0.6 is 0 Å². The summed E-state index contributed by atoms with van der Waals surface area (Å²) in [6, 6.07) is 10.1. The third kappa shape index (κ3) is 3.56. The molecule has 1 aromatic carbocycles. The molecule has 0 saturated carbocycles. The lowest BCUT2D eigenvalue weighted by Crippen LogP contribution is -2.38. The fraction of sp³-hybridized carbons (Fsp3) is 0.500. The van der Waals surface area contributed by atoms with E-state index in [-0.39, 0.29) is 11.8 Å². The molecule has 0 bridgehead atoms. The van der Waals surface area contributed by atoms with E-state index in [2.05, 4.69) is 17.3 Å². The monoisotopic (exact) mass is 232 g/mol. The predicted molar refractivity (Wildman–Crippen MR) is 68.5 cm³/mol. The fourth-order valence-corrected chi connectivity index (χ4v) is 2.20. The van der Waals surface area contributed by atoms with Gasteiger partial charge in [0.2, 0.25) is 5.91 Å². The molecule has 1 saturated heterocycles. The molecule has 1 aliphatic heterocycles. The summed E-state index contributed by atoms with van der Waals surface area (Å²) < 4.78 is 0. The Balaban J connectivity index is 1.78. The van der Waals surface area contributed by atoms with E-state index in [0.29, 0.717) is 6.54 Å². The second-order valence-corrected chi connectivity index (χ2v) is 4.78. The van der Waals surface area contributed by atoms with E-state index in [1.807, 2.05) is 30.3 Å². The van der Waals surface area contributed by atoms with Crippen LogP contribution in [0.15, 0.2) is 30.3 Å². The Hall–Kier alpha value is -1.35. The Kier molecular flexibility index (Phi) is 4.15. The molecule has 0 unspecified atom stereocenters. The zero-order valence-corrected chi connectivity index (χ0v) is 10.4. The molecule has 0 atom stereocenters. The molecule has 1 fully saturated rings. The molecular weight excluding hydrogens is 212 g/mol. The molecule has 0 aromatic heterocycles. The average molecular weight is 232 g/mol. The summed E-state index contributed by atoms with van der Waals surface area (Å²) in [6.07, 6.45) is 1.97. The van der Waals surface area contributed by atoms with E-state index in [1.54, 1.807) is 0 Å². The van der Waals surface area contributed by atoms with Gasteiger partial charge in [0.15, 0.2) is 0 Å². The highest BCUT2D eigenvalue weighted by molar-refractivity contribution is 5.78. The third-order valence-electron chi connectivity index (χ3n) is 3.40. The SMILES string of the molecule is CN1CCC(C(=O)NCc2ccccc2)CC1. The molecular formula is C14H20N2O. The van der Waals surface area contributed by atoms with Crippen LogP contribution < -0.4 is 5.32 Å². The number of carbonyl (C=O) groups is 1. The molecule has 1 amide bonds. The van der Waals surface area contributed by atoms with Crippen LogP contribution in [-0.2, 0) is 11.3 Å². The maximum absolute atomic E-state index is 11.9. The maximum atomic E-state index is 11.9. The van der Waals surface area contributed by atoms with Gasteiger partial charge in [-0.1, -0.05) is 30.3 Å². The summed E-state index contributed by atoms with van der Waals surface area (Å²) in [5.41, 5.74) is 1.16. The molecule has 1 aromatic rings. The number of likely N-dealkylation sites (tertiary alicyclic amines) is 1. The number of benzene rings is 1. The molecule has 2 rings (SSSR count). The lowest BCUT2D eigenvalue weighted by molar-refractivity contribution is -0.126. The number of nitrogens with zero attached hydrogens (tertiary/aromatic N) is 1. The van der Waals surface area contributed by atoms with Gasteiger partial charge in [0.25, 0.3) is 0 Å². The van der Waals surface area contributed by atoms with Crippen molar-refractivity contribution in [3.63, 3.8) is 0 Å². The summed E-state index contributed by atoms with van der Waals surface area (Å²) in [7, 11) is 2.11. The van der Waals surface area contributed by atoms with Gasteiger partial charge < -0.3 is 10.2 Å². The summed E-state index contributed by atoms with van der Waals surface area (Å²) in [6.45, 7) is 2.71. The van der Waals surface area contributed by atoms with Crippen LogP contribution in [0.3, 0.4) is 0 Å². The van der Waals surface area contributed by atoms with Gasteiger partial charge in [-0.3, -0.25) is 4.79 Å². The van der Waals surface area contributed by atoms with Gasteiger partial charge >= 0.3 is 0 Å². The van der Waals surface area contributed by atoms with E-state index in [1.165, 1.54) is 0 Å². The van der Waals surface area contributed by atoms with Crippen LogP contribution in [0.25, 0.3) is 0 Å². The standard InChI is InChI=1S/C14H20N2O/c1-16-9-7-13(8-10-16)14(17)15-11-12-5-3-2-4-6-12/h2-6,13H,7-11H2,1H3,(H,15,17).